The Morgan fingerprint density at radius 1 is 1.15 bits per heavy atom. The number of benzene rings is 2. The molecule has 1 fully saturated rings. The van der Waals surface area contributed by atoms with E-state index in [0.29, 0.717) is 26.0 Å². The van der Waals surface area contributed by atoms with Crippen LogP contribution < -0.4 is 10.1 Å². The molecule has 3 rings (SSSR count). The van der Waals surface area contributed by atoms with Gasteiger partial charge in [0.05, 0.1) is 12.3 Å². The number of nitrogens with zero attached hydrogens (tertiary/aromatic N) is 1. The molecule has 1 aliphatic rings. The summed E-state index contributed by atoms with van der Waals surface area (Å²) in [5.74, 6) is -0.717. The van der Waals surface area contributed by atoms with Crippen molar-refractivity contribution in [3.8, 4) is 5.75 Å². The van der Waals surface area contributed by atoms with Gasteiger partial charge in [0.2, 0.25) is 15.9 Å². The van der Waals surface area contributed by atoms with Crippen molar-refractivity contribution >= 4 is 27.5 Å². The number of carbonyl (C=O) groups excluding carboxylic acids is 1. The zero-order chi connectivity index (χ0) is 24.9. The monoisotopic (exact) mass is 510 g/mol. The summed E-state index contributed by atoms with van der Waals surface area (Å²) in [6.07, 6.45) is 0.813. The molecule has 0 saturated carbocycles. The van der Waals surface area contributed by atoms with Gasteiger partial charge >= 0.3 is 0 Å². The third-order valence-electron chi connectivity index (χ3n) is 5.96. The van der Waals surface area contributed by atoms with Gasteiger partial charge in [0.1, 0.15) is 18.2 Å². The lowest BCUT2D eigenvalue weighted by atomic mass is 9.86. The zero-order valence-corrected chi connectivity index (χ0v) is 21.4. The van der Waals surface area contributed by atoms with E-state index in [1.807, 2.05) is 24.3 Å². The molecule has 1 aliphatic heterocycles. The van der Waals surface area contributed by atoms with Crippen molar-refractivity contribution in [1.29, 1.82) is 0 Å². The summed E-state index contributed by atoms with van der Waals surface area (Å²) in [6, 6.07) is 12.0. The molecule has 0 aliphatic carbocycles. The van der Waals surface area contributed by atoms with Crippen LogP contribution >= 0.6 is 11.6 Å². The molecule has 1 heterocycles. The Balaban J connectivity index is 1.46. The van der Waals surface area contributed by atoms with E-state index in [1.54, 1.807) is 0 Å². The lowest BCUT2D eigenvalue weighted by Gasteiger charge is -2.30. The minimum Gasteiger partial charge on any atom is -0.491 e. The van der Waals surface area contributed by atoms with Gasteiger partial charge in [0.15, 0.2) is 0 Å². The molecule has 0 spiro atoms. The molecule has 2 aromatic carbocycles. The molecule has 0 unspecified atom stereocenters. The highest BCUT2D eigenvalue weighted by Crippen LogP contribution is 2.31. The van der Waals surface area contributed by atoms with Crippen LogP contribution in [0.25, 0.3) is 0 Å². The molecule has 0 bridgehead atoms. The molecule has 2 aromatic rings. The van der Waals surface area contributed by atoms with Gasteiger partial charge in [-0.15, -0.1) is 0 Å². The molecule has 186 valence electrons. The summed E-state index contributed by atoms with van der Waals surface area (Å²) in [6.45, 7) is 7.48. The lowest BCUT2D eigenvalue weighted by Crippen LogP contribution is -2.44. The number of sulfonamides is 1. The highest BCUT2D eigenvalue weighted by atomic mass is 35.5. The van der Waals surface area contributed by atoms with E-state index in [0.717, 1.165) is 11.3 Å². The molecule has 1 saturated heterocycles. The normalized spacial score (nSPS) is 15.8. The first-order valence-corrected chi connectivity index (χ1v) is 13.4. The van der Waals surface area contributed by atoms with Gasteiger partial charge in [0.25, 0.3) is 0 Å². The maximum atomic E-state index is 14.0. The fourth-order valence-corrected chi connectivity index (χ4v) is 5.95. The maximum Gasteiger partial charge on any atom is 0.223 e. The summed E-state index contributed by atoms with van der Waals surface area (Å²) < 4.78 is 46.8. The van der Waals surface area contributed by atoms with Gasteiger partial charge in [-0.25, -0.2) is 17.1 Å². The number of nitrogens with one attached hydrogen (secondary N) is 1. The zero-order valence-electron chi connectivity index (χ0n) is 19.8. The quantitative estimate of drug-likeness (QED) is 0.530. The van der Waals surface area contributed by atoms with Gasteiger partial charge in [0, 0.05) is 29.6 Å². The molecular formula is C25H32ClFN2O4S. The fraction of sp³-hybridized carbons (Fsp3) is 0.480. The van der Waals surface area contributed by atoms with Gasteiger partial charge in [-0.3, -0.25) is 4.79 Å². The van der Waals surface area contributed by atoms with Crippen LogP contribution in [-0.2, 0) is 26.0 Å². The number of hydrogen-bond donors (Lipinski definition) is 1. The van der Waals surface area contributed by atoms with Gasteiger partial charge in [-0.05, 0) is 42.0 Å². The summed E-state index contributed by atoms with van der Waals surface area (Å²) in [5.41, 5.74) is 1.02. The molecule has 6 nitrogen and oxygen atoms in total. The van der Waals surface area contributed by atoms with Crippen LogP contribution in [0, 0.1) is 11.7 Å². The molecule has 0 aromatic heterocycles. The standard InChI is InChI=1S/C25H32ClFN2O4S/c1-25(2,3)20-7-4-5-10-23(20)33-16-13-28-24(30)18-11-14-29(15-12-18)34(31,32)17-19-21(26)8-6-9-22(19)27/h4-10,18H,11-17H2,1-3H3,(H,28,30). The van der Waals surface area contributed by atoms with Gasteiger partial charge in [-0.1, -0.05) is 56.6 Å². The number of hydrogen-bond acceptors (Lipinski definition) is 4. The summed E-state index contributed by atoms with van der Waals surface area (Å²) >= 11 is 5.98. The third-order valence-corrected chi connectivity index (χ3v) is 8.12. The van der Waals surface area contributed by atoms with E-state index in [9.17, 15) is 17.6 Å². The predicted octanol–water partition coefficient (Wildman–Crippen LogP) is 4.51. The number of para-hydroxylation sites is 1. The van der Waals surface area contributed by atoms with Gasteiger partial charge < -0.3 is 10.1 Å². The fourth-order valence-electron chi connectivity index (χ4n) is 4.03. The predicted molar refractivity (Wildman–Crippen MR) is 132 cm³/mol. The highest BCUT2D eigenvalue weighted by molar-refractivity contribution is 7.88. The number of piperidine rings is 1. The van der Waals surface area contributed by atoms with Crippen molar-refractivity contribution in [2.75, 3.05) is 26.2 Å². The Hall–Kier alpha value is -2.16. The molecule has 34 heavy (non-hydrogen) atoms. The Morgan fingerprint density at radius 2 is 1.82 bits per heavy atom. The molecule has 0 radical (unpaired) electrons. The Kier molecular flexibility index (Phi) is 8.60. The van der Waals surface area contributed by atoms with Crippen molar-refractivity contribution in [3.05, 3.63) is 64.4 Å². The van der Waals surface area contributed by atoms with Crippen molar-refractivity contribution in [1.82, 2.24) is 9.62 Å². The van der Waals surface area contributed by atoms with Crippen LogP contribution in [0.2, 0.25) is 5.02 Å². The highest BCUT2D eigenvalue weighted by Gasteiger charge is 2.32. The Bertz CT molecular complexity index is 1090. The first-order valence-electron chi connectivity index (χ1n) is 11.4. The summed E-state index contributed by atoms with van der Waals surface area (Å²) in [5, 5.41) is 2.98. The van der Waals surface area contributed by atoms with Crippen LogP contribution in [0.5, 0.6) is 5.75 Å². The minimum atomic E-state index is -3.74. The van der Waals surface area contributed by atoms with E-state index in [-0.39, 0.29) is 40.9 Å². The van der Waals surface area contributed by atoms with E-state index in [2.05, 4.69) is 26.1 Å². The lowest BCUT2D eigenvalue weighted by molar-refractivity contribution is -0.126. The minimum absolute atomic E-state index is 0.0305. The molecule has 1 amide bonds. The molecule has 1 N–H and O–H groups in total. The second-order valence-corrected chi connectivity index (χ2v) is 11.9. The number of amides is 1. The van der Waals surface area contributed by atoms with Crippen LogP contribution in [0.15, 0.2) is 42.5 Å². The van der Waals surface area contributed by atoms with Crippen molar-refractivity contribution in [2.24, 2.45) is 5.92 Å². The van der Waals surface area contributed by atoms with Crippen molar-refractivity contribution < 1.29 is 22.3 Å². The summed E-state index contributed by atoms with van der Waals surface area (Å²) in [7, 11) is -3.74. The Morgan fingerprint density at radius 3 is 2.47 bits per heavy atom. The van der Waals surface area contributed by atoms with E-state index >= 15 is 0 Å². The smallest absolute Gasteiger partial charge is 0.223 e. The van der Waals surface area contributed by atoms with E-state index < -0.39 is 21.6 Å². The van der Waals surface area contributed by atoms with Crippen LogP contribution in [0.4, 0.5) is 4.39 Å². The van der Waals surface area contributed by atoms with Crippen molar-refractivity contribution in [2.45, 2.75) is 44.8 Å². The third kappa shape index (κ3) is 6.71. The molecular weight excluding hydrogens is 479 g/mol. The second-order valence-electron chi connectivity index (χ2n) is 9.52. The number of rotatable bonds is 8. The maximum absolute atomic E-state index is 14.0. The number of ether oxygens (including phenoxy) is 1. The average Bonchev–Trinajstić information content (AvgIpc) is 2.79. The van der Waals surface area contributed by atoms with Crippen LogP contribution in [0.1, 0.15) is 44.7 Å². The topological polar surface area (TPSA) is 75.7 Å². The van der Waals surface area contributed by atoms with E-state index in [1.165, 1.54) is 22.5 Å². The first-order chi connectivity index (χ1) is 16.0. The van der Waals surface area contributed by atoms with Crippen LogP contribution in [-0.4, -0.2) is 44.9 Å². The Labute approximate surface area is 206 Å². The molecule has 9 heteroatoms. The van der Waals surface area contributed by atoms with Crippen LogP contribution in [0.3, 0.4) is 0 Å². The second kappa shape index (κ2) is 11.1. The van der Waals surface area contributed by atoms with Crippen molar-refractivity contribution in [3.63, 3.8) is 0 Å². The van der Waals surface area contributed by atoms with Gasteiger partial charge in [-0.2, -0.15) is 0 Å². The SMILES string of the molecule is CC(C)(C)c1ccccc1OCCNC(=O)C1CCN(S(=O)(=O)Cc2c(F)cccc2Cl)CC1. The number of halogens is 2. The first kappa shape index (κ1) is 26.4. The largest absolute Gasteiger partial charge is 0.491 e. The average molecular weight is 511 g/mol. The van der Waals surface area contributed by atoms with E-state index in [4.69, 9.17) is 16.3 Å². The molecule has 0 atom stereocenters. The number of carbonyl (C=O) groups is 1. The summed E-state index contributed by atoms with van der Waals surface area (Å²) in [4.78, 5) is 12.6.